The van der Waals surface area contributed by atoms with E-state index in [1.807, 2.05) is 11.8 Å². The number of nitrogens with zero attached hydrogens (tertiary/aromatic N) is 1. The van der Waals surface area contributed by atoms with Crippen LogP contribution >= 0.6 is 0 Å². The van der Waals surface area contributed by atoms with Crippen molar-refractivity contribution in [2.75, 3.05) is 13.1 Å². The van der Waals surface area contributed by atoms with Gasteiger partial charge in [0.2, 0.25) is 5.91 Å². The Morgan fingerprint density at radius 3 is 2.41 bits per heavy atom. The average molecular weight is 239 g/mol. The van der Waals surface area contributed by atoms with Crippen molar-refractivity contribution in [1.29, 1.82) is 0 Å². The lowest BCUT2D eigenvalue weighted by molar-refractivity contribution is -0.134. The van der Waals surface area contributed by atoms with Crippen LogP contribution in [0.5, 0.6) is 0 Å². The highest BCUT2D eigenvalue weighted by Crippen LogP contribution is 2.36. The largest absolute Gasteiger partial charge is 0.341 e. The molecule has 1 saturated heterocycles. The number of rotatable bonds is 4. The van der Waals surface area contributed by atoms with Gasteiger partial charge >= 0.3 is 0 Å². The van der Waals surface area contributed by atoms with Gasteiger partial charge < -0.3 is 4.90 Å². The molecular weight excluding hydrogens is 214 g/mol. The molecule has 1 fully saturated rings. The number of carbonyl (C=O) groups excluding carboxylic acids is 2. The van der Waals surface area contributed by atoms with Crippen molar-refractivity contribution in [1.82, 2.24) is 4.90 Å². The van der Waals surface area contributed by atoms with Crippen molar-refractivity contribution in [3.63, 3.8) is 0 Å². The second-order valence-corrected chi connectivity index (χ2v) is 6.06. The summed E-state index contributed by atoms with van der Waals surface area (Å²) in [5.74, 6) is 0.499. The van der Waals surface area contributed by atoms with Crippen LogP contribution in [0.3, 0.4) is 0 Å². The Bertz CT molecular complexity index is 309. The number of amides is 1. The third-order valence-electron chi connectivity index (χ3n) is 3.89. The van der Waals surface area contributed by atoms with Crippen LogP contribution in [-0.4, -0.2) is 29.7 Å². The van der Waals surface area contributed by atoms with Crippen molar-refractivity contribution < 1.29 is 9.59 Å². The van der Waals surface area contributed by atoms with Crippen molar-refractivity contribution in [3.8, 4) is 0 Å². The Morgan fingerprint density at radius 2 is 2.00 bits per heavy atom. The topological polar surface area (TPSA) is 37.4 Å². The molecule has 98 valence electrons. The fourth-order valence-corrected chi connectivity index (χ4v) is 2.85. The maximum absolute atomic E-state index is 12.2. The summed E-state index contributed by atoms with van der Waals surface area (Å²) in [5, 5.41) is 0. The lowest BCUT2D eigenvalue weighted by Gasteiger charge is -2.23. The molecule has 2 atom stereocenters. The SMILES string of the molecule is CCCC(C)C(=O)N1CC(C(C)=O)C(C)(C)C1. The molecule has 0 aromatic rings. The monoisotopic (exact) mass is 239 g/mol. The van der Waals surface area contributed by atoms with Crippen molar-refractivity contribution in [2.45, 2.75) is 47.5 Å². The fraction of sp³-hybridized carbons (Fsp3) is 0.857. The van der Waals surface area contributed by atoms with Crippen LogP contribution in [0.2, 0.25) is 0 Å². The molecule has 17 heavy (non-hydrogen) atoms. The second kappa shape index (κ2) is 5.19. The van der Waals surface area contributed by atoms with Gasteiger partial charge in [-0.1, -0.05) is 34.1 Å². The van der Waals surface area contributed by atoms with Gasteiger partial charge in [0.05, 0.1) is 0 Å². The first-order chi connectivity index (χ1) is 7.79. The van der Waals surface area contributed by atoms with E-state index >= 15 is 0 Å². The molecule has 1 amide bonds. The first kappa shape index (κ1) is 14.2. The van der Waals surface area contributed by atoms with Crippen LogP contribution in [0.25, 0.3) is 0 Å². The van der Waals surface area contributed by atoms with Crippen LogP contribution in [-0.2, 0) is 9.59 Å². The van der Waals surface area contributed by atoms with Crippen molar-refractivity contribution in [3.05, 3.63) is 0 Å². The van der Waals surface area contributed by atoms with E-state index < -0.39 is 0 Å². The summed E-state index contributed by atoms with van der Waals surface area (Å²) >= 11 is 0. The standard InChI is InChI=1S/C14H25NO2/c1-6-7-10(2)13(17)15-8-12(11(3)16)14(4,5)9-15/h10,12H,6-9H2,1-5H3. The average Bonchev–Trinajstić information content (AvgIpc) is 2.53. The summed E-state index contributed by atoms with van der Waals surface area (Å²) in [6, 6.07) is 0. The second-order valence-electron chi connectivity index (χ2n) is 6.06. The highest BCUT2D eigenvalue weighted by molar-refractivity contribution is 5.83. The number of carbonyl (C=O) groups is 2. The molecule has 3 nitrogen and oxygen atoms in total. The summed E-state index contributed by atoms with van der Waals surface area (Å²) in [7, 11) is 0. The van der Waals surface area contributed by atoms with Crippen molar-refractivity contribution >= 4 is 11.7 Å². The van der Waals surface area contributed by atoms with E-state index in [1.54, 1.807) is 6.92 Å². The van der Waals surface area contributed by atoms with Gasteiger partial charge in [-0.3, -0.25) is 9.59 Å². The molecule has 1 aliphatic rings. The number of hydrogen-bond acceptors (Lipinski definition) is 2. The fourth-order valence-electron chi connectivity index (χ4n) is 2.85. The van der Waals surface area contributed by atoms with E-state index in [0.717, 1.165) is 12.8 Å². The summed E-state index contributed by atoms with van der Waals surface area (Å²) in [6.45, 7) is 11.2. The Hall–Kier alpha value is -0.860. The molecule has 0 aliphatic carbocycles. The zero-order chi connectivity index (χ0) is 13.2. The third-order valence-corrected chi connectivity index (χ3v) is 3.89. The Morgan fingerprint density at radius 1 is 1.41 bits per heavy atom. The molecule has 0 radical (unpaired) electrons. The van der Waals surface area contributed by atoms with Gasteiger partial charge in [0.1, 0.15) is 5.78 Å². The van der Waals surface area contributed by atoms with Crippen LogP contribution < -0.4 is 0 Å². The van der Waals surface area contributed by atoms with Gasteiger partial charge in [0.25, 0.3) is 0 Å². The third kappa shape index (κ3) is 3.08. The van der Waals surface area contributed by atoms with Gasteiger partial charge in [-0.15, -0.1) is 0 Å². The van der Waals surface area contributed by atoms with Gasteiger partial charge in [-0.2, -0.15) is 0 Å². The van der Waals surface area contributed by atoms with Gasteiger partial charge in [0.15, 0.2) is 0 Å². The maximum Gasteiger partial charge on any atom is 0.225 e. The molecule has 1 aliphatic heterocycles. The lowest BCUT2D eigenvalue weighted by atomic mass is 9.80. The number of Topliss-reactive ketones (excluding diaryl/α,β-unsaturated/α-hetero) is 1. The minimum absolute atomic E-state index is 0.000256. The Labute approximate surface area is 105 Å². The minimum atomic E-state index is -0.0760. The maximum atomic E-state index is 12.2. The van der Waals surface area contributed by atoms with Crippen LogP contribution in [0.15, 0.2) is 0 Å². The van der Waals surface area contributed by atoms with E-state index in [1.165, 1.54) is 0 Å². The van der Waals surface area contributed by atoms with Crippen LogP contribution in [0, 0.1) is 17.3 Å². The molecule has 0 N–H and O–H groups in total. The Balaban J connectivity index is 2.71. The van der Waals surface area contributed by atoms with E-state index in [2.05, 4.69) is 20.8 Å². The van der Waals surface area contributed by atoms with E-state index in [0.29, 0.717) is 13.1 Å². The Kier molecular flexibility index (Phi) is 4.34. The molecule has 0 aromatic carbocycles. The molecule has 0 saturated carbocycles. The van der Waals surface area contributed by atoms with Crippen LogP contribution in [0.4, 0.5) is 0 Å². The van der Waals surface area contributed by atoms with Crippen LogP contribution in [0.1, 0.15) is 47.5 Å². The molecule has 0 spiro atoms. The molecule has 1 heterocycles. The summed E-state index contributed by atoms with van der Waals surface area (Å²) < 4.78 is 0. The highest BCUT2D eigenvalue weighted by atomic mass is 16.2. The zero-order valence-electron chi connectivity index (χ0n) is 11.7. The smallest absolute Gasteiger partial charge is 0.225 e. The number of ketones is 1. The molecule has 3 heteroatoms. The molecular formula is C14H25NO2. The summed E-state index contributed by atoms with van der Waals surface area (Å²) in [5.41, 5.74) is -0.0760. The van der Waals surface area contributed by atoms with E-state index in [9.17, 15) is 9.59 Å². The molecule has 0 aromatic heterocycles. The number of likely N-dealkylation sites (tertiary alicyclic amines) is 1. The first-order valence-electron chi connectivity index (χ1n) is 6.58. The van der Waals surface area contributed by atoms with Crippen molar-refractivity contribution in [2.24, 2.45) is 17.3 Å². The first-order valence-corrected chi connectivity index (χ1v) is 6.58. The number of hydrogen-bond donors (Lipinski definition) is 0. The molecule has 0 bridgehead atoms. The normalized spacial score (nSPS) is 24.8. The quantitative estimate of drug-likeness (QED) is 0.756. The molecule has 2 unspecified atom stereocenters. The molecule has 1 rings (SSSR count). The predicted molar refractivity (Wildman–Crippen MR) is 68.6 cm³/mol. The predicted octanol–water partition coefficient (Wildman–Crippen LogP) is 2.50. The lowest BCUT2D eigenvalue weighted by Crippen LogP contribution is -2.34. The summed E-state index contributed by atoms with van der Waals surface area (Å²) in [4.78, 5) is 25.7. The van der Waals surface area contributed by atoms with Gasteiger partial charge in [-0.25, -0.2) is 0 Å². The summed E-state index contributed by atoms with van der Waals surface area (Å²) in [6.07, 6.45) is 1.96. The van der Waals surface area contributed by atoms with Gasteiger partial charge in [0, 0.05) is 24.9 Å². The minimum Gasteiger partial charge on any atom is -0.341 e. The van der Waals surface area contributed by atoms with E-state index in [4.69, 9.17) is 0 Å². The van der Waals surface area contributed by atoms with E-state index in [-0.39, 0.29) is 28.9 Å². The zero-order valence-corrected chi connectivity index (χ0v) is 11.7. The highest BCUT2D eigenvalue weighted by Gasteiger charge is 2.43. The van der Waals surface area contributed by atoms with Gasteiger partial charge in [-0.05, 0) is 18.8 Å².